The Morgan fingerprint density at radius 3 is 0.808 bits per heavy atom. The summed E-state index contributed by atoms with van der Waals surface area (Å²) in [5.74, 6) is -2.00. The third-order valence-corrected chi connectivity index (χ3v) is 17.3. The number of allylic oxidation sites excluding steroid dienone is 26. The van der Waals surface area contributed by atoms with Crippen LogP contribution in [0.1, 0.15) is 335 Å². The lowest BCUT2D eigenvalue weighted by Gasteiger charge is -2.25. The number of rotatable bonds is 74. The maximum absolute atomic E-state index is 13.0. The van der Waals surface area contributed by atoms with E-state index in [1.54, 1.807) is 0 Å². The second-order valence-corrected chi connectivity index (χ2v) is 28.0. The van der Waals surface area contributed by atoms with E-state index in [0.29, 0.717) is 23.9 Å². The van der Waals surface area contributed by atoms with Crippen molar-refractivity contribution in [3.8, 4) is 0 Å². The smallest absolute Gasteiger partial charge is 0.361 e. The number of carboxylic acids is 1. The Labute approximate surface area is 610 Å². The zero-order chi connectivity index (χ0) is 71.8. The Balaban J connectivity index is 4.05. The summed E-state index contributed by atoms with van der Waals surface area (Å²) >= 11 is 0. The van der Waals surface area contributed by atoms with Crippen LogP contribution in [0.3, 0.4) is 0 Å². The first kappa shape index (κ1) is 93.9. The van der Waals surface area contributed by atoms with E-state index in [1.807, 2.05) is 21.1 Å². The van der Waals surface area contributed by atoms with Crippen molar-refractivity contribution in [3.05, 3.63) is 158 Å². The van der Waals surface area contributed by atoms with Gasteiger partial charge in [-0.05, 0) is 122 Å². The molecule has 0 heterocycles. The molecule has 2 unspecified atom stereocenters. The van der Waals surface area contributed by atoms with Gasteiger partial charge in [0.1, 0.15) is 13.2 Å². The number of ether oxygens (including phenoxy) is 4. The summed E-state index contributed by atoms with van der Waals surface area (Å²) in [5, 5.41) is 9.78. The molecule has 9 heteroatoms. The molecular weight excluding hydrogens is 1220 g/mol. The molecule has 0 saturated carbocycles. The van der Waals surface area contributed by atoms with E-state index in [-0.39, 0.29) is 32.2 Å². The van der Waals surface area contributed by atoms with Crippen molar-refractivity contribution in [2.75, 3.05) is 47.5 Å². The largest absolute Gasteiger partial charge is 0.477 e. The lowest BCUT2D eigenvalue weighted by Crippen LogP contribution is -2.40. The third-order valence-electron chi connectivity index (χ3n) is 17.3. The Hall–Kier alpha value is -5.09. The van der Waals surface area contributed by atoms with Crippen molar-refractivity contribution in [2.24, 2.45) is 0 Å². The maximum Gasteiger partial charge on any atom is 0.361 e. The van der Waals surface area contributed by atoms with Crippen LogP contribution >= 0.6 is 0 Å². The molecule has 1 N–H and O–H groups in total. The normalized spacial score (nSPS) is 13.5. The van der Waals surface area contributed by atoms with Crippen LogP contribution in [-0.4, -0.2) is 87.4 Å². The number of carboxylic acid groups (broad SMARTS) is 1. The zero-order valence-corrected chi connectivity index (χ0v) is 64.6. The topological polar surface area (TPSA) is 108 Å². The van der Waals surface area contributed by atoms with E-state index in [9.17, 15) is 19.5 Å². The molecule has 9 nitrogen and oxygen atoms in total. The fraction of sp³-hybridized carbons (Fsp3) is 0.678. The number of carbonyl (C=O) groups excluding carboxylic acids is 2. The van der Waals surface area contributed by atoms with E-state index < -0.39 is 24.3 Å². The van der Waals surface area contributed by atoms with E-state index >= 15 is 0 Å². The quantitative estimate of drug-likeness (QED) is 0.0211. The first-order valence-corrected chi connectivity index (χ1v) is 40.6. The van der Waals surface area contributed by atoms with Gasteiger partial charge in [-0.3, -0.25) is 9.59 Å². The number of carbonyl (C=O) groups is 3. The fourth-order valence-electron chi connectivity index (χ4n) is 11.2. The van der Waals surface area contributed by atoms with Gasteiger partial charge >= 0.3 is 17.9 Å². The number of quaternary nitrogens is 1. The van der Waals surface area contributed by atoms with Crippen LogP contribution in [0.4, 0.5) is 0 Å². The van der Waals surface area contributed by atoms with Gasteiger partial charge in [-0.25, -0.2) is 4.79 Å². The zero-order valence-electron chi connectivity index (χ0n) is 64.6. The molecule has 0 aromatic heterocycles. The molecule has 99 heavy (non-hydrogen) atoms. The molecule has 0 aromatic carbocycles. The van der Waals surface area contributed by atoms with Crippen LogP contribution in [-0.2, 0) is 33.3 Å². The van der Waals surface area contributed by atoms with Gasteiger partial charge < -0.3 is 28.5 Å². The highest BCUT2D eigenvalue weighted by atomic mass is 16.7. The van der Waals surface area contributed by atoms with Gasteiger partial charge in [-0.15, -0.1) is 0 Å². The summed E-state index contributed by atoms with van der Waals surface area (Å²) in [4.78, 5) is 37.8. The molecule has 0 spiro atoms. The lowest BCUT2D eigenvalue weighted by atomic mass is 10.0. The van der Waals surface area contributed by atoms with Crippen LogP contribution in [0.15, 0.2) is 158 Å². The molecule has 0 aliphatic heterocycles. The van der Waals surface area contributed by atoms with Crippen molar-refractivity contribution in [1.29, 1.82) is 0 Å². The molecule has 0 fully saturated rings. The summed E-state index contributed by atoms with van der Waals surface area (Å²) in [6.45, 7) is 4.67. The standard InChI is InChI=1S/C90H151NO8/c1-6-8-10-12-14-16-18-20-22-24-26-28-30-32-34-36-38-40-41-42-43-44-45-46-47-49-51-53-55-57-59-61-63-65-67-69-71-73-75-77-79-81-88(93)99-86(85-98-90(89(94)95)96-83-82-91(3,4)5)84-97-87(92)80-78-76-74-72-70-68-66-64-62-60-58-56-54-52-50-48-39-37-35-33-31-29-27-25-23-21-19-17-15-13-11-9-7-2/h8-11,14-17,20-23,26-29,32,34,38,40,42-43,45-46,49,51,86,90H,6-7,12-13,18-19,24-25,30-31,33,35-37,39,41,44,47-48,50,52-85H2,1-5H3/p+1/b10-8-,11-9-,16-14-,17-15-,22-20-,23-21-,28-26-,29-27-,34-32-,40-38-,43-42-,46-45-,51-49-. The van der Waals surface area contributed by atoms with Crippen molar-refractivity contribution < 1.29 is 42.9 Å². The maximum atomic E-state index is 13.0. The number of esters is 2. The van der Waals surface area contributed by atoms with Crippen molar-refractivity contribution in [2.45, 2.75) is 347 Å². The summed E-state index contributed by atoms with van der Waals surface area (Å²) < 4.78 is 23.1. The average Bonchev–Trinajstić information content (AvgIpc) is 2.62. The first-order chi connectivity index (χ1) is 48.6. The second-order valence-electron chi connectivity index (χ2n) is 28.0. The van der Waals surface area contributed by atoms with Crippen LogP contribution in [0, 0.1) is 0 Å². The van der Waals surface area contributed by atoms with E-state index in [1.165, 1.54) is 180 Å². The van der Waals surface area contributed by atoms with Crippen molar-refractivity contribution in [1.82, 2.24) is 0 Å². The van der Waals surface area contributed by atoms with Gasteiger partial charge in [-0.2, -0.15) is 0 Å². The third kappa shape index (κ3) is 80.1. The van der Waals surface area contributed by atoms with E-state index in [4.69, 9.17) is 18.9 Å². The molecule has 0 saturated heterocycles. The van der Waals surface area contributed by atoms with Crippen LogP contribution in [0.25, 0.3) is 0 Å². The van der Waals surface area contributed by atoms with Gasteiger partial charge in [0.05, 0.1) is 34.4 Å². The van der Waals surface area contributed by atoms with Gasteiger partial charge in [0.2, 0.25) is 0 Å². The van der Waals surface area contributed by atoms with Gasteiger partial charge in [0.25, 0.3) is 6.29 Å². The number of hydrogen-bond acceptors (Lipinski definition) is 7. The minimum Gasteiger partial charge on any atom is -0.477 e. The van der Waals surface area contributed by atoms with Crippen LogP contribution < -0.4 is 0 Å². The molecule has 2 atom stereocenters. The molecule has 0 aliphatic carbocycles. The Morgan fingerprint density at radius 1 is 0.303 bits per heavy atom. The minimum atomic E-state index is -1.52. The number of unbranched alkanes of at least 4 members (excludes halogenated alkanes) is 33. The molecular formula is C90H152NO8+. The van der Waals surface area contributed by atoms with Crippen LogP contribution in [0.5, 0.6) is 0 Å². The number of aliphatic carboxylic acids is 1. The fourth-order valence-corrected chi connectivity index (χ4v) is 11.2. The predicted molar refractivity (Wildman–Crippen MR) is 428 cm³/mol. The molecule has 0 radical (unpaired) electrons. The summed E-state index contributed by atoms with van der Waals surface area (Å²) in [5.41, 5.74) is 0. The highest BCUT2D eigenvalue weighted by Gasteiger charge is 2.25. The monoisotopic (exact) mass is 1380 g/mol. The molecule has 0 rings (SSSR count). The molecule has 0 aliphatic rings. The van der Waals surface area contributed by atoms with Gasteiger partial charge in [-0.1, -0.05) is 358 Å². The molecule has 564 valence electrons. The SMILES string of the molecule is CC/C=C\C/C=C\C/C=C\C/C=C\C/C=C\C/C=C\C/C=C\C/C=C\C/C=C\CCCCCCCCCCCCCCCC(=O)OC(COC(=O)CCCCCCCCCCCCCCCCCCCCCC/C=C\C/C=C\C/C=C\C/C=C\CC)COC(OCC[N+](C)(C)C)C(=O)O. The van der Waals surface area contributed by atoms with Crippen molar-refractivity contribution >= 4 is 17.9 Å². The van der Waals surface area contributed by atoms with E-state index in [0.717, 1.165) is 122 Å². The highest BCUT2D eigenvalue weighted by Crippen LogP contribution is 2.18. The molecule has 0 aromatic rings. The van der Waals surface area contributed by atoms with Gasteiger partial charge in [0.15, 0.2) is 6.10 Å². The first-order valence-electron chi connectivity index (χ1n) is 40.6. The Kier molecular flexibility index (Phi) is 74.6. The summed E-state index contributed by atoms with van der Waals surface area (Å²) in [6, 6.07) is 0. The second kappa shape index (κ2) is 78.6. The molecule has 0 amide bonds. The lowest BCUT2D eigenvalue weighted by molar-refractivity contribution is -0.870. The minimum absolute atomic E-state index is 0.183. The Morgan fingerprint density at radius 2 is 0.545 bits per heavy atom. The predicted octanol–water partition coefficient (Wildman–Crippen LogP) is 26.4. The molecule has 0 bridgehead atoms. The number of likely N-dealkylation sites (N-methyl/N-ethyl adjacent to an activating group) is 1. The Bertz CT molecular complexity index is 2200. The van der Waals surface area contributed by atoms with Gasteiger partial charge in [0, 0.05) is 12.8 Å². The summed E-state index contributed by atoms with van der Waals surface area (Å²) in [7, 11) is 5.98. The number of nitrogens with zero attached hydrogens (tertiary/aromatic N) is 1. The van der Waals surface area contributed by atoms with E-state index in [2.05, 4.69) is 172 Å². The average molecular weight is 1380 g/mol. The van der Waals surface area contributed by atoms with Crippen molar-refractivity contribution in [3.63, 3.8) is 0 Å². The van der Waals surface area contributed by atoms with Crippen LogP contribution in [0.2, 0.25) is 0 Å². The number of hydrogen-bond donors (Lipinski definition) is 1. The summed E-state index contributed by atoms with van der Waals surface area (Å²) in [6.07, 6.45) is 114. The highest BCUT2D eigenvalue weighted by molar-refractivity contribution is 5.71.